The number of nitrogens with two attached hydrogens (primary N) is 2. The molecule has 4 N–H and O–H groups in total. The van der Waals surface area contributed by atoms with Gasteiger partial charge in [-0.15, -0.1) is 0 Å². The maximum Gasteiger partial charge on any atom is 0.195 e. The number of carbonyl (C=O) groups is 2. The summed E-state index contributed by atoms with van der Waals surface area (Å²) in [5, 5.41) is 0. The molecule has 0 atom stereocenters. The highest BCUT2D eigenvalue weighted by Gasteiger charge is 2.11. The van der Waals surface area contributed by atoms with E-state index in [0.717, 1.165) is 0 Å². The van der Waals surface area contributed by atoms with Crippen LogP contribution in [0.25, 0.3) is 0 Å². The van der Waals surface area contributed by atoms with Crippen molar-refractivity contribution in [1.29, 1.82) is 0 Å². The number of para-hydroxylation sites is 2. The van der Waals surface area contributed by atoms with Crippen molar-refractivity contribution in [3.63, 3.8) is 0 Å². The lowest BCUT2D eigenvalue weighted by molar-refractivity contribution is 0.103. The number of carbonyl (C=O) groups excluding carboxylic acids is 2. The van der Waals surface area contributed by atoms with Crippen LogP contribution in [-0.2, 0) is 0 Å². The molecule has 0 aromatic heterocycles. The molecule has 0 radical (unpaired) electrons. The predicted octanol–water partition coefficient (Wildman–Crippen LogP) is 5.00. The van der Waals surface area contributed by atoms with Crippen molar-refractivity contribution in [2.24, 2.45) is 0 Å². The largest absolute Gasteiger partial charge is 0.398 e. The molecule has 0 amide bonds. The summed E-state index contributed by atoms with van der Waals surface area (Å²) in [6.07, 6.45) is 0. The van der Waals surface area contributed by atoms with E-state index >= 15 is 0 Å². The second kappa shape index (κ2) is 9.85. The zero-order chi connectivity index (χ0) is 21.3. The Hall–Kier alpha value is -4.18. The minimum atomic E-state index is -0.0336. The van der Waals surface area contributed by atoms with Gasteiger partial charge in [0, 0.05) is 33.6 Å². The fraction of sp³-hybridized carbons (Fsp3) is 0. The van der Waals surface area contributed by atoms with Crippen LogP contribution in [0.15, 0.2) is 109 Å². The molecule has 0 bridgehead atoms. The summed E-state index contributed by atoms with van der Waals surface area (Å²) in [5.74, 6) is -0.0672. The Labute approximate surface area is 175 Å². The third kappa shape index (κ3) is 5.00. The number of hydrogen-bond donors (Lipinski definition) is 2. The highest BCUT2D eigenvalue weighted by molar-refractivity contribution is 6.12. The lowest BCUT2D eigenvalue weighted by atomic mass is 10.0. The number of ketones is 2. The monoisotopic (exact) mass is 394 g/mol. The molecule has 0 aliphatic carbocycles. The van der Waals surface area contributed by atoms with Gasteiger partial charge in [-0.25, -0.2) is 0 Å². The lowest BCUT2D eigenvalue weighted by Gasteiger charge is -2.03. The number of benzene rings is 4. The SMILES string of the molecule is Nc1ccccc1C(=O)c1ccccc1.Nc1ccccc1C(=O)c1ccccc1. The topological polar surface area (TPSA) is 86.2 Å². The zero-order valence-electron chi connectivity index (χ0n) is 16.4. The van der Waals surface area contributed by atoms with Crippen molar-refractivity contribution < 1.29 is 9.59 Å². The first-order valence-corrected chi connectivity index (χ1v) is 9.46. The Bertz CT molecular complexity index is 1050. The Kier molecular flexibility index (Phi) is 6.74. The van der Waals surface area contributed by atoms with Crippen LogP contribution in [0.5, 0.6) is 0 Å². The molecule has 0 aliphatic rings. The van der Waals surface area contributed by atoms with Crippen LogP contribution in [-0.4, -0.2) is 11.6 Å². The van der Waals surface area contributed by atoms with Crippen molar-refractivity contribution >= 4 is 22.9 Å². The molecule has 30 heavy (non-hydrogen) atoms. The number of rotatable bonds is 4. The summed E-state index contributed by atoms with van der Waals surface area (Å²) in [7, 11) is 0. The first kappa shape index (κ1) is 20.6. The van der Waals surface area contributed by atoms with E-state index in [1.165, 1.54) is 0 Å². The van der Waals surface area contributed by atoms with E-state index < -0.39 is 0 Å². The Balaban J connectivity index is 0.000000171. The van der Waals surface area contributed by atoms with E-state index in [1.807, 2.05) is 60.7 Å². The molecular weight excluding hydrogens is 372 g/mol. The van der Waals surface area contributed by atoms with Crippen molar-refractivity contribution in [3.05, 3.63) is 131 Å². The van der Waals surface area contributed by atoms with Crippen molar-refractivity contribution in [2.45, 2.75) is 0 Å². The fourth-order valence-electron chi connectivity index (χ4n) is 2.90. The van der Waals surface area contributed by atoms with E-state index in [1.54, 1.807) is 48.5 Å². The van der Waals surface area contributed by atoms with Crippen LogP contribution >= 0.6 is 0 Å². The molecule has 4 aromatic carbocycles. The highest BCUT2D eigenvalue weighted by Crippen LogP contribution is 2.16. The molecule has 4 nitrogen and oxygen atoms in total. The van der Waals surface area contributed by atoms with Gasteiger partial charge in [0.25, 0.3) is 0 Å². The molecule has 0 spiro atoms. The van der Waals surface area contributed by atoms with Crippen molar-refractivity contribution in [3.8, 4) is 0 Å². The van der Waals surface area contributed by atoms with Gasteiger partial charge in [-0.1, -0.05) is 84.9 Å². The Morgan fingerprint density at radius 2 is 0.733 bits per heavy atom. The summed E-state index contributed by atoms with van der Waals surface area (Å²) in [6.45, 7) is 0. The minimum Gasteiger partial charge on any atom is -0.398 e. The van der Waals surface area contributed by atoms with Crippen LogP contribution in [0.2, 0.25) is 0 Å². The molecular formula is C26H22N2O2. The van der Waals surface area contributed by atoms with Gasteiger partial charge in [0.2, 0.25) is 0 Å². The third-order valence-electron chi connectivity index (χ3n) is 4.48. The molecule has 148 valence electrons. The molecule has 0 saturated heterocycles. The minimum absolute atomic E-state index is 0.0336. The highest BCUT2D eigenvalue weighted by atomic mass is 16.1. The molecule has 4 rings (SSSR count). The van der Waals surface area contributed by atoms with Crippen molar-refractivity contribution in [1.82, 2.24) is 0 Å². The third-order valence-corrected chi connectivity index (χ3v) is 4.48. The van der Waals surface area contributed by atoms with E-state index in [0.29, 0.717) is 33.6 Å². The number of hydrogen-bond acceptors (Lipinski definition) is 4. The maximum atomic E-state index is 12.0. The van der Waals surface area contributed by atoms with Crippen LogP contribution in [0.3, 0.4) is 0 Å². The maximum absolute atomic E-state index is 12.0. The smallest absolute Gasteiger partial charge is 0.195 e. The summed E-state index contributed by atoms with van der Waals surface area (Å²) in [5.41, 5.74) is 15.0. The predicted molar refractivity (Wildman–Crippen MR) is 121 cm³/mol. The van der Waals surface area contributed by atoms with Crippen LogP contribution in [0.4, 0.5) is 11.4 Å². The number of anilines is 2. The Morgan fingerprint density at radius 1 is 0.433 bits per heavy atom. The van der Waals surface area contributed by atoms with Gasteiger partial charge in [-0.05, 0) is 24.3 Å². The molecule has 0 fully saturated rings. The fourth-order valence-corrected chi connectivity index (χ4v) is 2.90. The lowest BCUT2D eigenvalue weighted by Crippen LogP contribution is -2.04. The Morgan fingerprint density at radius 3 is 1.07 bits per heavy atom. The molecule has 0 aliphatic heterocycles. The second-order valence-corrected chi connectivity index (χ2v) is 6.56. The van der Waals surface area contributed by atoms with Gasteiger partial charge < -0.3 is 11.5 Å². The van der Waals surface area contributed by atoms with Crippen LogP contribution in [0, 0.1) is 0 Å². The van der Waals surface area contributed by atoms with E-state index in [-0.39, 0.29) is 11.6 Å². The standard InChI is InChI=1S/2C13H11NO/c2*14-12-9-5-4-8-11(12)13(15)10-6-2-1-3-7-10/h2*1-9H,14H2. The average Bonchev–Trinajstić information content (AvgIpc) is 2.80. The molecule has 0 unspecified atom stereocenters. The second-order valence-electron chi connectivity index (χ2n) is 6.56. The van der Waals surface area contributed by atoms with Gasteiger partial charge in [-0.2, -0.15) is 0 Å². The van der Waals surface area contributed by atoms with Crippen LogP contribution < -0.4 is 11.5 Å². The van der Waals surface area contributed by atoms with Gasteiger partial charge in [0.05, 0.1) is 0 Å². The van der Waals surface area contributed by atoms with Gasteiger partial charge >= 0.3 is 0 Å². The first-order valence-electron chi connectivity index (χ1n) is 9.46. The number of nitrogen functional groups attached to an aromatic ring is 2. The van der Waals surface area contributed by atoms with Crippen molar-refractivity contribution in [2.75, 3.05) is 11.5 Å². The summed E-state index contributed by atoms with van der Waals surface area (Å²) in [6, 6.07) is 32.5. The normalized spacial score (nSPS) is 9.87. The molecule has 4 heteroatoms. The summed E-state index contributed by atoms with van der Waals surface area (Å²) >= 11 is 0. The van der Waals surface area contributed by atoms with Gasteiger partial charge in [0.15, 0.2) is 11.6 Å². The quantitative estimate of drug-likeness (QED) is 0.377. The molecule has 4 aromatic rings. The van der Waals surface area contributed by atoms with Crippen LogP contribution in [0.1, 0.15) is 31.8 Å². The van der Waals surface area contributed by atoms with Gasteiger partial charge in [0.1, 0.15) is 0 Å². The summed E-state index contributed by atoms with van der Waals surface area (Å²) in [4.78, 5) is 24.0. The van der Waals surface area contributed by atoms with E-state index in [4.69, 9.17) is 11.5 Å². The molecule has 0 heterocycles. The van der Waals surface area contributed by atoms with E-state index in [9.17, 15) is 9.59 Å². The summed E-state index contributed by atoms with van der Waals surface area (Å²) < 4.78 is 0. The molecule has 0 saturated carbocycles. The first-order chi connectivity index (χ1) is 14.6. The average molecular weight is 394 g/mol. The zero-order valence-corrected chi connectivity index (χ0v) is 16.4. The van der Waals surface area contributed by atoms with Gasteiger partial charge in [-0.3, -0.25) is 9.59 Å². The van der Waals surface area contributed by atoms with E-state index in [2.05, 4.69) is 0 Å².